The van der Waals surface area contributed by atoms with E-state index in [4.69, 9.17) is 0 Å². The summed E-state index contributed by atoms with van der Waals surface area (Å²) in [7, 11) is 0. The molecule has 7 heteroatoms. The first-order chi connectivity index (χ1) is 11.6. The molecule has 0 fully saturated rings. The van der Waals surface area contributed by atoms with E-state index in [0.717, 1.165) is 27.8 Å². The number of aromatic nitrogens is 4. The van der Waals surface area contributed by atoms with E-state index >= 15 is 0 Å². The summed E-state index contributed by atoms with van der Waals surface area (Å²) in [6, 6.07) is 3.87. The van der Waals surface area contributed by atoms with E-state index in [1.807, 2.05) is 39.1 Å². The van der Waals surface area contributed by atoms with Gasteiger partial charge in [-0.15, -0.1) is 11.3 Å². The zero-order chi connectivity index (χ0) is 17.1. The first-order valence-electron chi connectivity index (χ1n) is 7.71. The topological polar surface area (TPSA) is 72.7 Å². The zero-order valence-corrected chi connectivity index (χ0v) is 14.7. The summed E-state index contributed by atoms with van der Waals surface area (Å²) in [6.07, 6.45) is 5.37. The van der Waals surface area contributed by atoms with Crippen LogP contribution in [0.3, 0.4) is 0 Å². The second-order valence-electron chi connectivity index (χ2n) is 5.52. The van der Waals surface area contributed by atoms with Gasteiger partial charge in [-0.05, 0) is 32.9 Å². The van der Waals surface area contributed by atoms with Crippen molar-refractivity contribution in [1.29, 1.82) is 0 Å². The molecule has 1 N–H and O–H groups in total. The van der Waals surface area contributed by atoms with Gasteiger partial charge in [0, 0.05) is 42.9 Å². The van der Waals surface area contributed by atoms with E-state index < -0.39 is 0 Å². The summed E-state index contributed by atoms with van der Waals surface area (Å²) in [6.45, 7) is 6.95. The molecule has 0 spiro atoms. The third kappa shape index (κ3) is 3.35. The predicted octanol–water partition coefficient (Wildman–Crippen LogP) is 2.76. The molecule has 3 aromatic rings. The van der Waals surface area contributed by atoms with Crippen molar-refractivity contribution < 1.29 is 4.79 Å². The molecule has 24 heavy (non-hydrogen) atoms. The summed E-state index contributed by atoms with van der Waals surface area (Å²) in [5, 5.41) is 3.87. The Labute approximate surface area is 144 Å². The van der Waals surface area contributed by atoms with Crippen LogP contribution in [0.25, 0.3) is 11.4 Å². The molecule has 0 aliphatic heterocycles. The number of hydrogen-bond donors (Lipinski definition) is 1. The maximum absolute atomic E-state index is 12.3. The van der Waals surface area contributed by atoms with Crippen molar-refractivity contribution >= 4 is 17.2 Å². The van der Waals surface area contributed by atoms with Gasteiger partial charge in [0.1, 0.15) is 10.7 Å². The highest BCUT2D eigenvalue weighted by molar-refractivity contribution is 7.13. The lowest BCUT2D eigenvalue weighted by Gasteiger charge is -2.11. The average Bonchev–Trinajstić information content (AvgIpc) is 3.10. The minimum absolute atomic E-state index is 0.0706. The molecule has 0 radical (unpaired) electrons. The van der Waals surface area contributed by atoms with Crippen LogP contribution >= 0.6 is 11.3 Å². The SMILES string of the molecule is Cc1nc(C)c(C(=O)NCCn2c(C)cnc2-c2cccnc2)s1. The Morgan fingerprint density at radius 2 is 2.12 bits per heavy atom. The van der Waals surface area contributed by atoms with E-state index in [9.17, 15) is 4.79 Å². The van der Waals surface area contributed by atoms with Crippen molar-refractivity contribution in [3.05, 3.63) is 52.0 Å². The molecule has 6 nitrogen and oxygen atoms in total. The lowest BCUT2D eigenvalue weighted by atomic mass is 10.2. The maximum Gasteiger partial charge on any atom is 0.263 e. The first kappa shape index (κ1) is 16.3. The molecular weight excluding hydrogens is 322 g/mol. The molecule has 3 heterocycles. The third-order valence-corrected chi connectivity index (χ3v) is 4.78. The largest absolute Gasteiger partial charge is 0.349 e. The number of rotatable bonds is 5. The van der Waals surface area contributed by atoms with Gasteiger partial charge in [-0.25, -0.2) is 9.97 Å². The number of carbonyl (C=O) groups excluding carboxylic acids is 1. The third-order valence-electron chi connectivity index (χ3n) is 3.71. The van der Waals surface area contributed by atoms with Gasteiger partial charge in [0.25, 0.3) is 5.91 Å². The highest BCUT2D eigenvalue weighted by Gasteiger charge is 2.14. The van der Waals surface area contributed by atoms with Crippen molar-refractivity contribution in [2.75, 3.05) is 6.54 Å². The highest BCUT2D eigenvalue weighted by atomic mass is 32.1. The minimum atomic E-state index is -0.0706. The minimum Gasteiger partial charge on any atom is -0.349 e. The van der Waals surface area contributed by atoms with Crippen molar-refractivity contribution in [3.63, 3.8) is 0 Å². The van der Waals surface area contributed by atoms with Crippen molar-refractivity contribution in [2.45, 2.75) is 27.3 Å². The van der Waals surface area contributed by atoms with Crippen LogP contribution in [0.2, 0.25) is 0 Å². The van der Waals surface area contributed by atoms with Gasteiger partial charge < -0.3 is 9.88 Å². The summed E-state index contributed by atoms with van der Waals surface area (Å²) < 4.78 is 2.09. The van der Waals surface area contributed by atoms with Gasteiger partial charge in [-0.1, -0.05) is 0 Å². The Balaban J connectivity index is 1.68. The molecule has 3 aromatic heterocycles. The fraction of sp³-hybridized carbons (Fsp3) is 0.294. The number of amides is 1. The molecule has 0 aliphatic carbocycles. The van der Waals surface area contributed by atoms with E-state index in [1.54, 1.807) is 12.4 Å². The number of nitrogens with zero attached hydrogens (tertiary/aromatic N) is 4. The monoisotopic (exact) mass is 341 g/mol. The van der Waals surface area contributed by atoms with E-state index in [2.05, 4.69) is 24.8 Å². The molecular formula is C17H19N5OS. The smallest absolute Gasteiger partial charge is 0.263 e. The summed E-state index contributed by atoms with van der Waals surface area (Å²) in [5.74, 6) is 0.790. The summed E-state index contributed by atoms with van der Waals surface area (Å²) in [5.41, 5.74) is 2.80. The molecule has 0 unspecified atom stereocenters. The Hall–Kier alpha value is -2.54. The fourth-order valence-electron chi connectivity index (χ4n) is 2.57. The van der Waals surface area contributed by atoms with Gasteiger partial charge in [0.15, 0.2) is 0 Å². The zero-order valence-electron chi connectivity index (χ0n) is 13.9. The maximum atomic E-state index is 12.3. The quantitative estimate of drug-likeness (QED) is 0.774. The van der Waals surface area contributed by atoms with Crippen molar-refractivity contribution in [1.82, 2.24) is 24.8 Å². The lowest BCUT2D eigenvalue weighted by Crippen LogP contribution is -2.27. The molecule has 1 amide bonds. The number of nitrogens with one attached hydrogen (secondary N) is 1. The number of hydrogen-bond acceptors (Lipinski definition) is 5. The number of carbonyl (C=O) groups is 1. The second kappa shape index (κ2) is 6.92. The van der Waals surface area contributed by atoms with Gasteiger partial charge in [0.2, 0.25) is 0 Å². The molecule has 0 aromatic carbocycles. The predicted molar refractivity (Wildman–Crippen MR) is 94.1 cm³/mol. The summed E-state index contributed by atoms with van der Waals surface area (Å²) >= 11 is 1.42. The van der Waals surface area contributed by atoms with Gasteiger partial charge in [0.05, 0.1) is 10.7 Å². The number of thiazole rings is 1. The van der Waals surface area contributed by atoms with E-state index in [-0.39, 0.29) is 5.91 Å². The van der Waals surface area contributed by atoms with Crippen LogP contribution in [0.1, 0.15) is 26.1 Å². The standard InChI is InChI=1S/C17H19N5OS/c1-11-9-20-16(14-5-4-6-18-10-14)22(11)8-7-19-17(23)15-12(2)21-13(3)24-15/h4-6,9-10H,7-8H2,1-3H3,(H,19,23). The summed E-state index contributed by atoms with van der Waals surface area (Å²) in [4.78, 5) is 25.9. The Morgan fingerprint density at radius 1 is 1.29 bits per heavy atom. The molecule has 0 saturated carbocycles. The molecule has 0 bridgehead atoms. The molecule has 3 rings (SSSR count). The van der Waals surface area contributed by atoms with Crippen molar-refractivity contribution in [3.8, 4) is 11.4 Å². The van der Waals surface area contributed by atoms with Gasteiger partial charge in [-0.3, -0.25) is 9.78 Å². The molecule has 0 saturated heterocycles. The normalized spacial score (nSPS) is 10.8. The van der Waals surface area contributed by atoms with Crippen LogP contribution in [0, 0.1) is 20.8 Å². The van der Waals surface area contributed by atoms with Gasteiger partial charge >= 0.3 is 0 Å². The number of imidazole rings is 1. The number of pyridine rings is 1. The van der Waals surface area contributed by atoms with E-state index in [1.165, 1.54) is 11.3 Å². The molecule has 0 atom stereocenters. The Kier molecular flexibility index (Phi) is 4.71. The lowest BCUT2D eigenvalue weighted by molar-refractivity contribution is 0.0955. The molecule has 0 aliphatic rings. The second-order valence-corrected chi connectivity index (χ2v) is 6.72. The van der Waals surface area contributed by atoms with Crippen LogP contribution in [0.5, 0.6) is 0 Å². The molecule has 124 valence electrons. The van der Waals surface area contributed by atoms with Crippen LogP contribution in [0.15, 0.2) is 30.7 Å². The van der Waals surface area contributed by atoms with E-state index in [0.29, 0.717) is 18.0 Å². The highest BCUT2D eigenvalue weighted by Crippen LogP contribution is 2.19. The van der Waals surface area contributed by atoms with Gasteiger partial charge in [-0.2, -0.15) is 0 Å². The Morgan fingerprint density at radius 3 is 2.79 bits per heavy atom. The first-order valence-corrected chi connectivity index (χ1v) is 8.52. The number of aryl methyl sites for hydroxylation is 3. The van der Waals surface area contributed by atoms with Crippen LogP contribution in [-0.4, -0.2) is 32.0 Å². The van der Waals surface area contributed by atoms with Crippen LogP contribution in [0.4, 0.5) is 0 Å². The Bertz CT molecular complexity index is 853. The van der Waals surface area contributed by atoms with Crippen molar-refractivity contribution in [2.24, 2.45) is 0 Å². The fourth-order valence-corrected chi connectivity index (χ4v) is 3.41. The van der Waals surface area contributed by atoms with Crippen LogP contribution in [-0.2, 0) is 6.54 Å². The average molecular weight is 341 g/mol. The van der Waals surface area contributed by atoms with Crippen LogP contribution < -0.4 is 5.32 Å².